The van der Waals surface area contributed by atoms with Crippen LogP contribution in [0.3, 0.4) is 0 Å². The number of hydrogen-bond donors (Lipinski definition) is 4. The summed E-state index contributed by atoms with van der Waals surface area (Å²) in [5.74, 6) is -0.131. The van der Waals surface area contributed by atoms with Crippen LogP contribution in [0.5, 0.6) is 0 Å². The molecular weight excluding hydrogens is 452 g/mol. The number of carbonyl (C=O) groups is 2. The van der Waals surface area contributed by atoms with Crippen molar-refractivity contribution in [3.8, 4) is 0 Å². The lowest BCUT2D eigenvalue weighted by Crippen LogP contribution is -2.62. The van der Waals surface area contributed by atoms with Crippen LogP contribution in [0.4, 0.5) is 0 Å². The second-order valence-electron chi connectivity index (χ2n) is 10.9. The van der Waals surface area contributed by atoms with Gasteiger partial charge in [-0.2, -0.15) is 0 Å². The van der Waals surface area contributed by atoms with Crippen molar-refractivity contribution in [1.29, 1.82) is 5.41 Å². The summed E-state index contributed by atoms with van der Waals surface area (Å²) in [6.45, 7) is 5.86. The molecule has 3 aliphatic rings. The van der Waals surface area contributed by atoms with Gasteiger partial charge in [0, 0.05) is 17.5 Å². The van der Waals surface area contributed by atoms with Crippen LogP contribution in [0.1, 0.15) is 97.6 Å². The van der Waals surface area contributed by atoms with Gasteiger partial charge in [0.25, 0.3) is 5.91 Å². The number of aliphatic hydroxyl groups is 1. The Morgan fingerprint density at radius 1 is 1.14 bits per heavy atom. The van der Waals surface area contributed by atoms with Crippen molar-refractivity contribution < 1.29 is 14.7 Å². The zero-order valence-corrected chi connectivity index (χ0v) is 21.4. The standard InChI is InChI=1S/C29H36N4O3/c1-4-29(5-2)17-24(34)33(27(30)32-29)23-12-8-10-18-13-14-19(15-22(18)23)26(35)31-25-21-11-7-6-9-20(21)16-28(25,3)36/h6-7,9,11,13-15,23,25,36H,4-5,8,10,12,16-17H2,1-3H3,(H2,30,32)(H,31,35)/t23-,25-,28-/m1/s1. The van der Waals surface area contributed by atoms with Crippen molar-refractivity contribution in [3.63, 3.8) is 0 Å². The third kappa shape index (κ3) is 4.09. The maximum absolute atomic E-state index is 13.4. The van der Waals surface area contributed by atoms with E-state index in [4.69, 9.17) is 5.41 Å². The predicted octanol–water partition coefficient (Wildman–Crippen LogP) is 4.16. The Balaban J connectivity index is 1.42. The van der Waals surface area contributed by atoms with Crippen molar-refractivity contribution in [2.24, 2.45) is 0 Å². The van der Waals surface area contributed by atoms with E-state index >= 15 is 0 Å². The number of carbonyl (C=O) groups excluding carboxylic acids is 2. The fourth-order valence-electron chi connectivity index (χ4n) is 6.29. The van der Waals surface area contributed by atoms with Gasteiger partial charge in [0.05, 0.1) is 24.1 Å². The third-order valence-corrected chi connectivity index (χ3v) is 8.55. The normalized spacial score (nSPS) is 26.7. The number of nitrogens with zero attached hydrogens (tertiary/aromatic N) is 1. The molecular formula is C29H36N4O3. The third-order valence-electron chi connectivity index (χ3n) is 8.55. The van der Waals surface area contributed by atoms with Crippen LogP contribution in [-0.2, 0) is 17.6 Å². The molecule has 36 heavy (non-hydrogen) atoms. The van der Waals surface area contributed by atoms with E-state index in [-0.39, 0.29) is 29.4 Å². The number of aryl methyl sites for hydroxylation is 1. The maximum Gasteiger partial charge on any atom is 0.251 e. The summed E-state index contributed by atoms with van der Waals surface area (Å²) in [5.41, 5.74) is 3.11. The van der Waals surface area contributed by atoms with Crippen LogP contribution in [0.2, 0.25) is 0 Å². The number of hydrogen-bond acceptors (Lipinski definition) is 4. The van der Waals surface area contributed by atoms with Crippen molar-refractivity contribution in [3.05, 3.63) is 70.3 Å². The van der Waals surface area contributed by atoms with Gasteiger partial charge < -0.3 is 15.7 Å². The topological polar surface area (TPSA) is 106 Å². The molecule has 2 aromatic rings. The lowest BCUT2D eigenvalue weighted by Gasteiger charge is -2.46. The molecule has 190 valence electrons. The first kappa shape index (κ1) is 24.5. The SMILES string of the molecule is CCC1(CC)CC(=O)N([C@@H]2CCCc3ccc(C(=O)N[C@@H]4c5ccccc5C[C@@]4(C)O)cc32)C(=N)N1. The minimum absolute atomic E-state index is 0.0336. The van der Waals surface area contributed by atoms with E-state index in [1.165, 1.54) is 0 Å². The Bertz CT molecular complexity index is 1200. The van der Waals surface area contributed by atoms with E-state index in [1.807, 2.05) is 56.3 Å². The minimum Gasteiger partial charge on any atom is -0.387 e. The van der Waals surface area contributed by atoms with Crippen LogP contribution in [0, 0.1) is 5.41 Å². The Morgan fingerprint density at radius 3 is 2.61 bits per heavy atom. The molecule has 0 unspecified atom stereocenters. The van der Waals surface area contributed by atoms with Crippen LogP contribution < -0.4 is 10.6 Å². The molecule has 0 spiro atoms. The summed E-state index contributed by atoms with van der Waals surface area (Å²) < 4.78 is 0. The first-order chi connectivity index (χ1) is 17.2. The highest BCUT2D eigenvalue weighted by molar-refractivity contribution is 6.00. The van der Waals surface area contributed by atoms with Gasteiger partial charge in [0.15, 0.2) is 5.96 Å². The smallest absolute Gasteiger partial charge is 0.251 e. The molecule has 2 amide bonds. The summed E-state index contributed by atoms with van der Waals surface area (Å²) in [5, 5.41) is 26.1. The number of nitrogens with one attached hydrogen (secondary N) is 3. The number of rotatable bonds is 5. The van der Waals surface area contributed by atoms with Gasteiger partial charge in [-0.3, -0.25) is 19.9 Å². The zero-order valence-electron chi connectivity index (χ0n) is 21.4. The highest BCUT2D eigenvalue weighted by Crippen LogP contribution is 2.40. The largest absolute Gasteiger partial charge is 0.387 e. The molecule has 1 fully saturated rings. The van der Waals surface area contributed by atoms with Gasteiger partial charge in [0.2, 0.25) is 5.91 Å². The van der Waals surface area contributed by atoms with E-state index < -0.39 is 11.6 Å². The molecule has 2 aliphatic carbocycles. The Kier molecular flexibility index (Phi) is 6.15. The van der Waals surface area contributed by atoms with Gasteiger partial charge in [-0.15, -0.1) is 0 Å². The van der Waals surface area contributed by atoms with Gasteiger partial charge >= 0.3 is 0 Å². The summed E-state index contributed by atoms with van der Waals surface area (Å²) in [6, 6.07) is 12.7. The lowest BCUT2D eigenvalue weighted by molar-refractivity contribution is -0.133. The molecule has 4 N–H and O–H groups in total. The molecule has 1 heterocycles. The number of amides is 2. The first-order valence-corrected chi connectivity index (χ1v) is 13.1. The Morgan fingerprint density at radius 2 is 1.89 bits per heavy atom. The summed E-state index contributed by atoms with van der Waals surface area (Å²) >= 11 is 0. The van der Waals surface area contributed by atoms with E-state index in [1.54, 1.807) is 11.8 Å². The Labute approximate surface area is 212 Å². The molecule has 7 heteroatoms. The van der Waals surface area contributed by atoms with Crippen LogP contribution in [0.15, 0.2) is 42.5 Å². The van der Waals surface area contributed by atoms with Crippen molar-refractivity contribution in [2.45, 2.75) is 88.9 Å². The fraction of sp³-hybridized carbons (Fsp3) is 0.483. The van der Waals surface area contributed by atoms with Crippen LogP contribution in [0.25, 0.3) is 0 Å². The monoisotopic (exact) mass is 488 g/mol. The summed E-state index contributed by atoms with van der Waals surface area (Å²) in [4.78, 5) is 28.3. The Hall–Kier alpha value is -3.19. The number of guanidine groups is 1. The van der Waals surface area contributed by atoms with E-state index in [0.717, 1.165) is 54.4 Å². The molecule has 5 rings (SSSR count). The second-order valence-corrected chi connectivity index (χ2v) is 10.9. The van der Waals surface area contributed by atoms with E-state index in [0.29, 0.717) is 18.4 Å². The fourth-order valence-corrected chi connectivity index (χ4v) is 6.29. The molecule has 2 aromatic carbocycles. The van der Waals surface area contributed by atoms with E-state index in [9.17, 15) is 14.7 Å². The van der Waals surface area contributed by atoms with Gasteiger partial charge in [0.1, 0.15) is 0 Å². The number of fused-ring (bicyclic) bond motifs is 2. The maximum atomic E-state index is 13.4. The zero-order chi connectivity index (χ0) is 25.7. The van der Waals surface area contributed by atoms with E-state index in [2.05, 4.69) is 10.6 Å². The van der Waals surface area contributed by atoms with Gasteiger partial charge in [-0.25, -0.2) is 0 Å². The average Bonchev–Trinajstić information content (AvgIpc) is 3.12. The molecule has 1 aliphatic heterocycles. The molecule has 3 atom stereocenters. The molecule has 1 saturated heterocycles. The van der Waals surface area contributed by atoms with Gasteiger partial charge in [-0.1, -0.05) is 44.2 Å². The quantitative estimate of drug-likeness (QED) is 0.507. The lowest BCUT2D eigenvalue weighted by atomic mass is 9.82. The first-order valence-electron chi connectivity index (χ1n) is 13.1. The highest BCUT2D eigenvalue weighted by atomic mass is 16.3. The van der Waals surface area contributed by atoms with Gasteiger partial charge in [-0.05, 0) is 73.4 Å². The second kappa shape index (κ2) is 9.04. The average molecular weight is 489 g/mol. The molecule has 0 radical (unpaired) electrons. The molecule has 0 saturated carbocycles. The number of benzene rings is 2. The van der Waals surface area contributed by atoms with Crippen LogP contribution >= 0.6 is 0 Å². The molecule has 0 aromatic heterocycles. The molecule has 7 nitrogen and oxygen atoms in total. The minimum atomic E-state index is -1.07. The van der Waals surface area contributed by atoms with Crippen molar-refractivity contribution in [2.75, 3.05) is 0 Å². The predicted molar refractivity (Wildman–Crippen MR) is 139 cm³/mol. The van der Waals surface area contributed by atoms with Crippen molar-refractivity contribution in [1.82, 2.24) is 15.5 Å². The van der Waals surface area contributed by atoms with Crippen molar-refractivity contribution >= 4 is 17.8 Å². The highest BCUT2D eigenvalue weighted by Gasteiger charge is 2.44. The van der Waals surface area contributed by atoms with Crippen LogP contribution in [-0.4, -0.2) is 38.9 Å². The summed E-state index contributed by atoms with van der Waals surface area (Å²) in [7, 11) is 0. The summed E-state index contributed by atoms with van der Waals surface area (Å²) in [6.07, 6.45) is 4.98. The molecule has 0 bridgehead atoms.